The van der Waals surface area contributed by atoms with Crippen molar-refractivity contribution in [3.8, 4) is 11.5 Å². The summed E-state index contributed by atoms with van der Waals surface area (Å²) >= 11 is 0. The van der Waals surface area contributed by atoms with Crippen molar-refractivity contribution >= 4 is 22.5 Å². The van der Waals surface area contributed by atoms with E-state index in [0.717, 1.165) is 12.1 Å². The molecular formula is C25H20F4N4O3. The highest BCUT2D eigenvalue weighted by molar-refractivity contribution is 6.10. The summed E-state index contributed by atoms with van der Waals surface area (Å²) in [7, 11) is 0. The molecule has 2 aliphatic rings. The second-order valence-corrected chi connectivity index (χ2v) is 9.03. The molecule has 4 heterocycles. The van der Waals surface area contributed by atoms with E-state index in [0.29, 0.717) is 49.8 Å². The van der Waals surface area contributed by atoms with Crippen LogP contribution in [0.3, 0.4) is 0 Å². The number of ketones is 1. The third-order valence-electron chi connectivity index (χ3n) is 6.55. The molecule has 0 bridgehead atoms. The van der Waals surface area contributed by atoms with Gasteiger partial charge in [0.2, 0.25) is 0 Å². The molecule has 0 amide bonds. The fourth-order valence-corrected chi connectivity index (χ4v) is 4.69. The van der Waals surface area contributed by atoms with Gasteiger partial charge in [-0.25, -0.2) is 9.37 Å². The number of carbonyl (C=O) groups is 1. The van der Waals surface area contributed by atoms with Gasteiger partial charge in [-0.1, -0.05) is 18.2 Å². The van der Waals surface area contributed by atoms with Gasteiger partial charge in [0.05, 0.1) is 43.1 Å². The summed E-state index contributed by atoms with van der Waals surface area (Å²) in [6, 6.07) is 9.23. The Kier molecular flexibility index (Phi) is 5.16. The van der Waals surface area contributed by atoms with Crippen LogP contribution >= 0.6 is 0 Å². The van der Waals surface area contributed by atoms with Crippen molar-refractivity contribution in [2.24, 2.45) is 0 Å². The SMILES string of the molecule is O=C(c1c[nH]c(-c2nc3c(F)cc(N4CCOC5(COC5)C4)cc3[nH]2)c1)c1ccccc1C(F)(F)F. The van der Waals surface area contributed by atoms with Crippen LogP contribution in [0.4, 0.5) is 23.2 Å². The number of nitrogens with zero attached hydrogens (tertiary/aromatic N) is 2. The second kappa shape index (κ2) is 8.17. The number of rotatable bonds is 4. The largest absolute Gasteiger partial charge is 0.417 e. The summed E-state index contributed by atoms with van der Waals surface area (Å²) in [4.78, 5) is 25.1. The summed E-state index contributed by atoms with van der Waals surface area (Å²) in [5.74, 6) is -1.04. The average molecular weight is 500 g/mol. The molecule has 0 saturated carbocycles. The van der Waals surface area contributed by atoms with Gasteiger partial charge in [0.1, 0.15) is 11.1 Å². The first-order chi connectivity index (χ1) is 17.2. The number of H-pyrrole nitrogens is 2. The van der Waals surface area contributed by atoms with Crippen LogP contribution in [0.5, 0.6) is 0 Å². The number of carbonyl (C=O) groups excluding carboxylic acids is 1. The topological polar surface area (TPSA) is 83.2 Å². The van der Waals surface area contributed by atoms with Gasteiger partial charge >= 0.3 is 6.18 Å². The van der Waals surface area contributed by atoms with Crippen LogP contribution < -0.4 is 4.90 Å². The fraction of sp³-hybridized carbons (Fsp3) is 0.280. The van der Waals surface area contributed by atoms with E-state index >= 15 is 0 Å². The number of ether oxygens (including phenoxy) is 2. The number of imidazole rings is 1. The van der Waals surface area contributed by atoms with E-state index in [1.165, 1.54) is 30.5 Å². The zero-order valence-corrected chi connectivity index (χ0v) is 18.8. The average Bonchev–Trinajstić information content (AvgIpc) is 3.50. The number of fused-ring (bicyclic) bond motifs is 1. The molecule has 4 aromatic rings. The summed E-state index contributed by atoms with van der Waals surface area (Å²) in [6.07, 6.45) is -3.35. The van der Waals surface area contributed by atoms with Crippen molar-refractivity contribution in [2.75, 3.05) is 37.8 Å². The van der Waals surface area contributed by atoms with Gasteiger partial charge in [0, 0.05) is 29.6 Å². The van der Waals surface area contributed by atoms with Crippen LogP contribution in [0.15, 0.2) is 48.7 Å². The predicted octanol–water partition coefficient (Wildman–Crippen LogP) is 4.55. The van der Waals surface area contributed by atoms with Crippen molar-refractivity contribution < 1.29 is 31.8 Å². The van der Waals surface area contributed by atoms with Gasteiger partial charge in [0.25, 0.3) is 0 Å². The molecule has 2 aliphatic heterocycles. The number of morpholine rings is 1. The zero-order chi connectivity index (χ0) is 25.1. The van der Waals surface area contributed by atoms with E-state index in [1.54, 1.807) is 6.07 Å². The molecule has 186 valence electrons. The number of benzene rings is 2. The highest BCUT2D eigenvalue weighted by atomic mass is 19.4. The summed E-state index contributed by atoms with van der Waals surface area (Å²) in [6.45, 7) is 2.71. The lowest BCUT2D eigenvalue weighted by Gasteiger charge is -2.48. The summed E-state index contributed by atoms with van der Waals surface area (Å²) in [5, 5.41) is 0. The maximum absolute atomic E-state index is 15.0. The predicted molar refractivity (Wildman–Crippen MR) is 122 cm³/mol. The first-order valence-electron chi connectivity index (χ1n) is 11.3. The van der Waals surface area contributed by atoms with E-state index < -0.39 is 28.9 Å². The molecule has 0 radical (unpaired) electrons. The Bertz CT molecular complexity index is 1470. The Morgan fingerprint density at radius 1 is 1.14 bits per heavy atom. The molecule has 0 atom stereocenters. The third-order valence-corrected chi connectivity index (χ3v) is 6.55. The number of nitrogens with one attached hydrogen (secondary N) is 2. The smallest absolute Gasteiger partial charge is 0.375 e. The molecule has 2 aromatic heterocycles. The van der Waals surface area contributed by atoms with E-state index in [1.807, 2.05) is 4.90 Å². The van der Waals surface area contributed by atoms with Crippen LogP contribution in [0.25, 0.3) is 22.6 Å². The third kappa shape index (κ3) is 3.84. The fourth-order valence-electron chi connectivity index (χ4n) is 4.69. The van der Waals surface area contributed by atoms with Crippen molar-refractivity contribution in [1.29, 1.82) is 0 Å². The maximum Gasteiger partial charge on any atom is 0.417 e. The van der Waals surface area contributed by atoms with Crippen LogP contribution in [0.2, 0.25) is 0 Å². The van der Waals surface area contributed by atoms with Crippen LogP contribution in [-0.4, -0.2) is 59.2 Å². The molecule has 0 aliphatic carbocycles. The monoisotopic (exact) mass is 500 g/mol. The number of aromatic nitrogens is 3. The molecule has 2 aromatic carbocycles. The summed E-state index contributed by atoms with van der Waals surface area (Å²) < 4.78 is 66.2. The molecule has 2 fully saturated rings. The number of anilines is 1. The minimum Gasteiger partial charge on any atom is -0.375 e. The lowest BCUT2D eigenvalue weighted by molar-refractivity contribution is -0.211. The standard InChI is InChI=1S/C25H20F4N4O3/c26-18-8-15(33-5-6-36-24(11-33)12-35-13-24)9-19-21(18)32-23(31-19)20-7-14(10-30-20)22(34)16-3-1-2-4-17(16)25(27,28)29/h1-4,7-10,30H,5-6,11-13H2,(H,31,32). The van der Waals surface area contributed by atoms with Crippen molar-refractivity contribution in [3.05, 3.63) is 71.2 Å². The number of hydrogen-bond acceptors (Lipinski definition) is 5. The first-order valence-corrected chi connectivity index (χ1v) is 11.3. The second-order valence-electron chi connectivity index (χ2n) is 9.03. The van der Waals surface area contributed by atoms with E-state index in [2.05, 4.69) is 15.0 Å². The molecule has 1 spiro atoms. The number of aromatic amines is 2. The highest BCUT2D eigenvalue weighted by Crippen LogP contribution is 2.34. The van der Waals surface area contributed by atoms with Gasteiger partial charge in [-0.3, -0.25) is 4.79 Å². The van der Waals surface area contributed by atoms with E-state index in [4.69, 9.17) is 9.47 Å². The number of hydrogen-bond donors (Lipinski definition) is 2. The lowest BCUT2D eigenvalue weighted by Crippen LogP contribution is -2.63. The Hall–Kier alpha value is -3.70. The minimum atomic E-state index is -4.66. The Balaban J connectivity index is 1.30. The van der Waals surface area contributed by atoms with E-state index in [-0.39, 0.29) is 22.5 Å². The van der Waals surface area contributed by atoms with Crippen LogP contribution in [0.1, 0.15) is 21.5 Å². The highest BCUT2D eigenvalue weighted by Gasteiger charge is 2.44. The molecule has 2 saturated heterocycles. The molecule has 7 nitrogen and oxygen atoms in total. The molecule has 11 heteroatoms. The van der Waals surface area contributed by atoms with E-state index in [9.17, 15) is 22.4 Å². The van der Waals surface area contributed by atoms with Crippen molar-refractivity contribution in [3.63, 3.8) is 0 Å². The van der Waals surface area contributed by atoms with Gasteiger partial charge < -0.3 is 24.3 Å². The Morgan fingerprint density at radius 3 is 2.69 bits per heavy atom. The molecule has 36 heavy (non-hydrogen) atoms. The summed E-state index contributed by atoms with van der Waals surface area (Å²) in [5.41, 5.74) is -0.187. The molecule has 6 rings (SSSR count). The van der Waals surface area contributed by atoms with Crippen LogP contribution in [-0.2, 0) is 15.7 Å². The zero-order valence-electron chi connectivity index (χ0n) is 18.8. The first kappa shape index (κ1) is 22.7. The molecular weight excluding hydrogens is 480 g/mol. The van der Waals surface area contributed by atoms with Crippen LogP contribution in [0, 0.1) is 5.82 Å². The Morgan fingerprint density at radius 2 is 1.94 bits per heavy atom. The van der Waals surface area contributed by atoms with Crippen molar-refractivity contribution in [1.82, 2.24) is 15.0 Å². The Labute approximate surface area is 202 Å². The lowest BCUT2D eigenvalue weighted by atomic mass is 9.99. The normalized spacial score (nSPS) is 17.5. The van der Waals surface area contributed by atoms with Gasteiger partial charge in [-0.2, -0.15) is 13.2 Å². The van der Waals surface area contributed by atoms with Gasteiger partial charge in [-0.05, 0) is 24.3 Å². The molecule has 2 N–H and O–H groups in total. The van der Waals surface area contributed by atoms with Gasteiger partial charge in [0.15, 0.2) is 17.4 Å². The van der Waals surface area contributed by atoms with Crippen molar-refractivity contribution in [2.45, 2.75) is 11.8 Å². The quantitative estimate of drug-likeness (QED) is 0.317. The maximum atomic E-state index is 15.0. The minimum absolute atomic E-state index is 0.0321. The number of halogens is 4. The molecule has 0 unspecified atom stereocenters. The number of alkyl halides is 3. The van der Waals surface area contributed by atoms with Gasteiger partial charge in [-0.15, -0.1) is 0 Å².